The first kappa shape index (κ1) is 18.3. The van der Waals surface area contributed by atoms with Gasteiger partial charge >= 0.3 is 0 Å². The van der Waals surface area contributed by atoms with E-state index in [1.807, 2.05) is 60.7 Å². The topological polar surface area (TPSA) is 49.4 Å². The predicted molar refractivity (Wildman–Crippen MR) is 107 cm³/mol. The van der Waals surface area contributed by atoms with E-state index in [1.165, 1.54) is 5.56 Å². The van der Waals surface area contributed by atoms with Crippen molar-refractivity contribution in [1.82, 2.24) is 10.2 Å². The van der Waals surface area contributed by atoms with Gasteiger partial charge in [-0.2, -0.15) is 0 Å². The lowest BCUT2D eigenvalue weighted by Gasteiger charge is -2.21. The molecule has 1 heterocycles. The molecule has 3 rings (SSSR count). The standard InChI is InChI=1S/C21H22N2O2S/c24-20(12-11-17-7-3-1-4-8-17)23-16-26-15-19(23)21(25)22-14-13-18-9-5-2-6-10-18/h1-12,19H,13-16H2,(H,22,25)/b12-11+. The zero-order valence-electron chi connectivity index (χ0n) is 14.5. The second-order valence-electron chi connectivity index (χ2n) is 6.09. The summed E-state index contributed by atoms with van der Waals surface area (Å²) < 4.78 is 0. The Labute approximate surface area is 158 Å². The number of nitrogens with one attached hydrogen (secondary N) is 1. The second kappa shape index (κ2) is 9.25. The molecule has 2 aromatic rings. The van der Waals surface area contributed by atoms with E-state index in [9.17, 15) is 9.59 Å². The van der Waals surface area contributed by atoms with E-state index < -0.39 is 6.04 Å². The summed E-state index contributed by atoms with van der Waals surface area (Å²) in [5.41, 5.74) is 2.16. The molecule has 1 aliphatic heterocycles. The van der Waals surface area contributed by atoms with Gasteiger partial charge in [0.1, 0.15) is 6.04 Å². The van der Waals surface area contributed by atoms with Gasteiger partial charge in [-0.15, -0.1) is 11.8 Å². The number of hydrogen-bond acceptors (Lipinski definition) is 3. The van der Waals surface area contributed by atoms with Crippen molar-refractivity contribution < 1.29 is 9.59 Å². The molecule has 2 aromatic carbocycles. The van der Waals surface area contributed by atoms with Crippen molar-refractivity contribution in [2.45, 2.75) is 12.5 Å². The molecular weight excluding hydrogens is 344 g/mol. The van der Waals surface area contributed by atoms with Crippen molar-refractivity contribution in [3.05, 3.63) is 77.9 Å². The number of thioether (sulfide) groups is 1. The van der Waals surface area contributed by atoms with E-state index in [2.05, 4.69) is 5.32 Å². The van der Waals surface area contributed by atoms with Crippen LogP contribution in [0.25, 0.3) is 6.08 Å². The summed E-state index contributed by atoms with van der Waals surface area (Å²) in [6.07, 6.45) is 4.12. The number of carbonyl (C=O) groups is 2. The third kappa shape index (κ3) is 4.99. The monoisotopic (exact) mass is 366 g/mol. The molecule has 0 bridgehead atoms. The average Bonchev–Trinajstić information content (AvgIpc) is 3.18. The Morgan fingerprint density at radius 2 is 1.77 bits per heavy atom. The highest BCUT2D eigenvalue weighted by Gasteiger charge is 2.33. The van der Waals surface area contributed by atoms with Crippen molar-refractivity contribution in [2.24, 2.45) is 0 Å². The minimum Gasteiger partial charge on any atom is -0.354 e. The molecule has 134 valence electrons. The minimum absolute atomic E-state index is 0.0765. The average molecular weight is 366 g/mol. The van der Waals surface area contributed by atoms with Gasteiger partial charge in [-0.3, -0.25) is 9.59 Å². The van der Waals surface area contributed by atoms with Crippen molar-refractivity contribution in [3.8, 4) is 0 Å². The molecule has 5 heteroatoms. The highest BCUT2D eigenvalue weighted by molar-refractivity contribution is 7.99. The lowest BCUT2D eigenvalue weighted by molar-refractivity contribution is -0.134. The summed E-state index contributed by atoms with van der Waals surface area (Å²) in [5, 5.41) is 2.96. The summed E-state index contributed by atoms with van der Waals surface area (Å²) in [5.74, 6) is 0.992. The molecule has 0 spiro atoms. The number of carbonyl (C=O) groups excluding carboxylic acids is 2. The van der Waals surface area contributed by atoms with E-state index in [4.69, 9.17) is 0 Å². The van der Waals surface area contributed by atoms with Crippen LogP contribution in [0.5, 0.6) is 0 Å². The zero-order chi connectivity index (χ0) is 18.2. The molecule has 4 nitrogen and oxygen atoms in total. The minimum atomic E-state index is -0.399. The second-order valence-corrected chi connectivity index (χ2v) is 7.09. The third-order valence-corrected chi connectivity index (χ3v) is 5.25. The fourth-order valence-corrected chi connectivity index (χ4v) is 3.96. The largest absolute Gasteiger partial charge is 0.354 e. The number of hydrogen-bond donors (Lipinski definition) is 1. The van der Waals surface area contributed by atoms with Gasteiger partial charge in [0.2, 0.25) is 11.8 Å². The SMILES string of the molecule is O=C(NCCc1ccccc1)C1CSCN1C(=O)/C=C/c1ccccc1. The van der Waals surface area contributed by atoms with Gasteiger partial charge in [0.15, 0.2) is 0 Å². The van der Waals surface area contributed by atoms with E-state index in [-0.39, 0.29) is 11.8 Å². The van der Waals surface area contributed by atoms with E-state index in [1.54, 1.807) is 28.8 Å². The Morgan fingerprint density at radius 1 is 1.08 bits per heavy atom. The Morgan fingerprint density at radius 3 is 2.50 bits per heavy atom. The lowest BCUT2D eigenvalue weighted by Crippen LogP contribution is -2.47. The fraction of sp³-hybridized carbons (Fsp3) is 0.238. The van der Waals surface area contributed by atoms with Crippen LogP contribution >= 0.6 is 11.8 Å². The maximum Gasteiger partial charge on any atom is 0.247 e. The van der Waals surface area contributed by atoms with Crippen molar-refractivity contribution in [1.29, 1.82) is 0 Å². The first-order valence-electron chi connectivity index (χ1n) is 8.67. The molecule has 0 saturated carbocycles. The van der Waals surface area contributed by atoms with Crippen LogP contribution in [-0.4, -0.2) is 40.9 Å². The first-order valence-corrected chi connectivity index (χ1v) is 9.82. The molecule has 1 aliphatic rings. The molecule has 1 N–H and O–H groups in total. The van der Waals surface area contributed by atoms with Gasteiger partial charge in [0.05, 0.1) is 5.88 Å². The van der Waals surface area contributed by atoms with Crippen molar-refractivity contribution in [2.75, 3.05) is 18.2 Å². The predicted octanol–water partition coefficient (Wildman–Crippen LogP) is 2.96. The Bertz CT molecular complexity index is 762. The molecule has 1 atom stereocenters. The molecule has 1 unspecified atom stereocenters. The smallest absolute Gasteiger partial charge is 0.247 e. The molecule has 2 amide bonds. The summed E-state index contributed by atoms with van der Waals surface area (Å²) in [6, 6.07) is 19.3. The molecule has 1 saturated heterocycles. The third-order valence-electron chi connectivity index (χ3n) is 4.24. The van der Waals surface area contributed by atoms with Gasteiger partial charge < -0.3 is 10.2 Å². The Hall–Kier alpha value is -2.53. The number of benzene rings is 2. The Kier molecular flexibility index (Phi) is 6.50. The van der Waals surface area contributed by atoms with Gasteiger partial charge in [-0.05, 0) is 23.6 Å². The van der Waals surface area contributed by atoms with Crippen LogP contribution in [0.15, 0.2) is 66.7 Å². The molecule has 0 aromatic heterocycles. The molecular formula is C21H22N2O2S. The highest BCUT2D eigenvalue weighted by Crippen LogP contribution is 2.21. The highest BCUT2D eigenvalue weighted by atomic mass is 32.2. The van der Waals surface area contributed by atoms with Crippen LogP contribution in [0.4, 0.5) is 0 Å². The molecule has 0 radical (unpaired) electrons. The van der Waals surface area contributed by atoms with Gasteiger partial charge in [0, 0.05) is 18.4 Å². The molecule has 0 aliphatic carbocycles. The van der Waals surface area contributed by atoms with Gasteiger partial charge in [-0.25, -0.2) is 0 Å². The zero-order valence-corrected chi connectivity index (χ0v) is 15.3. The van der Waals surface area contributed by atoms with Crippen LogP contribution < -0.4 is 5.32 Å². The van der Waals surface area contributed by atoms with Crippen LogP contribution in [0, 0.1) is 0 Å². The van der Waals surface area contributed by atoms with Crippen LogP contribution in [-0.2, 0) is 16.0 Å². The number of nitrogens with zero attached hydrogens (tertiary/aromatic N) is 1. The quantitative estimate of drug-likeness (QED) is 0.800. The number of amides is 2. The van der Waals surface area contributed by atoms with E-state index in [0.29, 0.717) is 18.2 Å². The maximum absolute atomic E-state index is 12.5. The van der Waals surface area contributed by atoms with Crippen LogP contribution in [0.1, 0.15) is 11.1 Å². The Balaban J connectivity index is 1.52. The molecule has 1 fully saturated rings. The van der Waals surface area contributed by atoms with Gasteiger partial charge in [0.25, 0.3) is 0 Å². The summed E-state index contributed by atoms with van der Waals surface area (Å²) in [7, 11) is 0. The summed E-state index contributed by atoms with van der Waals surface area (Å²) >= 11 is 1.61. The van der Waals surface area contributed by atoms with Gasteiger partial charge in [-0.1, -0.05) is 60.7 Å². The van der Waals surface area contributed by atoms with Crippen molar-refractivity contribution >= 4 is 29.7 Å². The first-order chi connectivity index (χ1) is 12.7. The lowest BCUT2D eigenvalue weighted by atomic mass is 10.1. The van der Waals surface area contributed by atoms with E-state index in [0.717, 1.165) is 12.0 Å². The van der Waals surface area contributed by atoms with Crippen molar-refractivity contribution in [3.63, 3.8) is 0 Å². The molecule has 26 heavy (non-hydrogen) atoms. The summed E-state index contributed by atoms with van der Waals surface area (Å²) in [4.78, 5) is 26.6. The van der Waals surface area contributed by atoms with Crippen LogP contribution in [0.3, 0.4) is 0 Å². The summed E-state index contributed by atoms with van der Waals surface area (Å²) in [6.45, 7) is 0.575. The number of rotatable bonds is 6. The fourth-order valence-electron chi connectivity index (χ4n) is 2.80. The normalized spacial score (nSPS) is 16.8. The van der Waals surface area contributed by atoms with E-state index >= 15 is 0 Å². The van der Waals surface area contributed by atoms with Crippen LogP contribution in [0.2, 0.25) is 0 Å². The maximum atomic E-state index is 12.5.